The van der Waals surface area contributed by atoms with Gasteiger partial charge in [-0.2, -0.15) is 0 Å². The van der Waals surface area contributed by atoms with Crippen molar-refractivity contribution >= 4 is 5.97 Å². The number of carbonyl (C=O) groups is 1. The largest absolute Gasteiger partial charge is 0.508 e. The van der Waals surface area contributed by atoms with Crippen molar-refractivity contribution in [3.63, 3.8) is 0 Å². The second kappa shape index (κ2) is 6.12. The van der Waals surface area contributed by atoms with Gasteiger partial charge < -0.3 is 14.6 Å². The molecule has 1 unspecified atom stereocenters. The number of hydrogen-bond donors (Lipinski definition) is 1. The van der Waals surface area contributed by atoms with Crippen LogP contribution >= 0.6 is 0 Å². The first-order valence-corrected chi connectivity index (χ1v) is 5.09. The Labute approximate surface area is 94.8 Å². The van der Waals surface area contributed by atoms with E-state index in [0.29, 0.717) is 6.61 Å². The predicted octanol–water partition coefficient (Wildman–Crippen LogP) is 1.69. The summed E-state index contributed by atoms with van der Waals surface area (Å²) in [5, 5.41) is 9.12. The van der Waals surface area contributed by atoms with Gasteiger partial charge in [0.25, 0.3) is 0 Å². The summed E-state index contributed by atoms with van der Waals surface area (Å²) in [6.45, 7) is 2.42. The van der Waals surface area contributed by atoms with Crippen LogP contribution in [0.15, 0.2) is 24.3 Å². The molecule has 0 spiro atoms. The summed E-state index contributed by atoms with van der Waals surface area (Å²) in [5.41, 5.74) is 0.820. The number of rotatable bonds is 5. The van der Waals surface area contributed by atoms with E-state index >= 15 is 0 Å². The fraction of sp³-hybridized carbons (Fsp3) is 0.417. The number of esters is 1. The molecular weight excluding hydrogens is 208 g/mol. The van der Waals surface area contributed by atoms with E-state index in [1.807, 2.05) is 0 Å². The molecule has 1 N–H and O–H groups in total. The Morgan fingerprint density at radius 2 is 1.94 bits per heavy atom. The molecule has 0 radical (unpaired) electrons. The van der Waals surface area contributed by atoms with Crippen LogP contribution in [-0.2, 0) is 14.3 Å². The van der Waals surface area contributed by atoms with E-state index in [1.54, 1.807) is 38.3 Å². The van der Waals surface area contributed by atoms with Gasteiger partial charge in [-0.25, -0.2) is 0 Å². The minimum atomic E-state index is -0.336. The number of methoxy groups -OCH3 is 1. The van der Waals surface area contributed by atoms with Crippen LogP contribution in [0.2, 0.25) is 0 Å². The highest BCUT2D eigenvalue weighted by molar-refractivity contribution is 5.77. The SMILES string of the molecule is COCCOC(=O)C(C)c1ccc(O)cc1. The van der Waals surface area contributed by atoms with Crippen molar-refractivity contribution < 1.29 is 19.4 Å². The van der Waals surface area contributed by atoms with Gasteiger partial charge in [0.05, 0.1) is 12.5 Å². The van der Waals surface area contributed by atoms with Gasteiger partial charge in [0.2, 0.25) is 0 Å². The second-order valence-electron chi connectivity index (χ2n) is 3.47. The molecule has 1 aromatic rings. The summed E-state index contributed by atoms with van der Waals surface area (Å²) in [6.07, 6.45) is 0. The Hall–Kier alpha value is -1.55. The first-order valence-electron chi connectivity index (χ1n) is 5.09. The Bertz CT molecular complexity index is 331. The van der Waals surface area contributed by atoms with Crippen LogP contribution in [0, 0.1) is 0 Å². The Balaban J connectivity index is 2.53. The molecule has 88 valence electrons. The summed E-state index contributed by atoms with van der Waals surface area (Å²) >= 11 is 0. The molecular formula is C12H16O4. The van der Waals surface area contributed by atoms with Gasteiger partial charge in [-0.3, -0.25) is 4.79 Å². The van der Waals surface area contributed by atoms with Crippen LogP contribution in [0.4, 0.5) is 0 Å². The summed E-state index contributed by atoms with van der Waals surface area (Å²) in [4.78, 5) is 11.6. The van der Waals surface area contributed by atoms with Crippen molar-refractivity contribution in [1.29, 1.82) is 0 Å². The first kappa shape index (κ1) is 12.5. The third-order valence-electron chi connectivity index (χ3n) is 2.28. The number of hydrogen-bond acceptors (Lipinski definition) is 4. The topological polar surface area (TPSA) is 55.8 Å². The molecule has 0 heterocycles. The maximum atomic E-state index is 11.6. The van der Waals surface area contributed by atoms with E-state index in [1.165, 1.54) is 0 Å². The minimum Gasteiger partial charge on any atom is -0.508 e. The van der Waals surface area contributed by atoms with Crippen LogP contribution in [0.25, 0.3) is 0 Å². The summed E-state index contributed by atoms with van der Waals surface area (Å²) in [5.74, 6) is -0.441. The monoisotopic (exact) mass is 224 g/mol. The third-order valence-corrected chi connectivity index (χ3v) is 2.28. The van der Waals surface area contributed by atoms with E-state index in [4.69, 9.17) is 14.6 Å². The molecule has 0 saturated heterocycles. The van der Waals surface area contributed by atoms with Gasteiger partial charge >= 0.3 is 5.97 Å². The van der Waals surface area contributed by atoms with E-state index in [2.05, 4.69) is 0 Å². The molecule has 0 fully saturated rings. The molecule has 0 saturated carbocycles. The molecule has 0 amide bonds. The van der Waals surface area contributed by atoms with Crippen LogP contribution in [0.5, 0.6) is 5.75 Å². The van der Waals surface area contributed by atoms with Gasteiger partial charge in [-0.1, -0.05) is 12.1 Å². The fourth-order valence-electron chi connectivity index (χ4n) is 1.25. The minimum absolute atomic E-state index is 0.184. The van der Waals surface area contributed by atoms with Crippen molar-refractivity contribution in [2.75, 3.05) is 20.3 Å². The Morgan fingerprint density at radius 3 is 2.50 bits per heavy atom. The van der Waals surface area contributed by atoms with Crippen LogP contribution in [0.1, 0.15) is 18.4 Å². The summed E-state index contributed by atoms with van der Waals surface area (Å²) in [6, 6.07) is 6.51. The number of benzene rings is 1. The smallest absolute Gasteiger partial charge is 0.313 e. The number of phenolic OH excluding ortho intramolecular Hbond substituents is 1. The molecule has 1 rings (SSSR count). The van der Waals surface area contributed by atoms with E-state index in [0.717, 1.165) is 5.56 Å². The quantitative estimate of drug-likeness (QED) is 0.610. The number of ether oxygens (including phenoxy) is 2. The Morgan fingerprint density at radius 1 is 1.31 bits per heavy atom. The van der Waals surface area contributed by atoms with Gasteiger partial charge in [0.1, 0.15) is 12.4 Å². The standard InChI is InChI=1S/C12H16O4/c1-9(12(14)16-8-7-15-2)10-3-5-11(13)6-4-10/h3-6,9,13H,7-8H2,1-2H3. The maximum absolute atomic E-state index is 11.6. The Kier molecular flexibility index (Phi) is 4.79. The van der Waals surface area contributed by atoms with Crippen molar-refractivity contribution in [3.8, 4) is 5.75 Å². The van der Waals surface area contributed by atoms with Gasteiger partial charge in [-0.15, -0.1) is 0 Å². The number of phenols is 1. The molecule has 0 aliphatic rings. The lowest BCUT2D eigenvalue weighted by Crippen LogP contribution is -2.15. The number of carbonyl (C=O) groups excluding carboxylic acids is 1. The van der Waals surface area contributed by atoms with Crippen molar-refractivity contribution in [1.82, 2.24) is 0 Å². The van der Waals surface area contributed by atoms with Crippen molar-refractivity contribution in [2.24, 2.45) is 0 Å². The van der Waals surface area contributed by atoms with Gasteiger partial charge in [-0.05, 0) is 24.6 Å². The average molecular weight is 224 g/mol. The first-order chi connectivity index (χ1) is 7.65. The van der Waals surface area contributed by atoms with Crippen LogP contribution in [0.3, 0.4) is 0 Å². The van der Waals surface area contributed by atoms with Crippen molar-refractivity contribution in [2.45, 2.75) is 12.8 Å². The second-order valence-corrected chi connectivity index (χ2v) is 3.47. The molecule has 0 aliphatic carbocycles. The molecule has 4 heteroatoms. The zero-order valence-corrected chi connectivity index (χ0v) is 9.47. The zero-order chi connectivity index (χ0) is 12.0. The average Bonchev–Trinajstić information content (AvgIpc) is 2.29. The van der Waals surface area contributed by atoms with Crippen LogP contribution < -0.4 is 0 Å². The molecule has 0 aromatic heterocycles. The molecule has 1 atom stereocenters. The van der Waals surface area contributed by atoms with Crippen molar-refractivity contribution in [3.05, 3.63) is 29.8 Å². The highest BCUT2D eigenvalue weighted by atomic mass is 16.6. The van der Waals surface area contributed by atoms with E-state index in [9.17, 15) is 4.79 Å². The van der Waals surface area contributed by atoms with E-state index in [-0.39, 0.29) is 24.2 Å². The van der Waals surface area contributed by atoms with Crippen LogP contribution in [-0.4, -0.2) is 31.4 Å². The third kappa shape index (κ3) is 3.55. The molecule has 16 heavy (non-hydrogen) atoms. The lowest BCUT2D eigenvalue weighted by molar-refractivity contribution is -0.146. The molecule has 1 aromatic carbocycles. The summed E-state index contributed by atoms with van der Waals surface area (Å²) < 4.78 is 9.79. The zero-order valence-electron chi connectivity index (χ0n) is 9.47. The number of aromatic hydroxyl groups is 1. The fourth-order valence-corrected chi connectivity index (χ4v) is 1.25. The molecule has 0 aliphatic heterocycles. The lowest BCUT2D eigenvalue weighted by Gasteiger charge is -2.11. The molecule has 0 bridgehead atoms. The lowest BCUT2D eigenvalue weighted by atomic mass is 10.0. The van der Waals surface area contributed by atoms with Gasteiger partial charge in [0, 0.05) is 7.11 Å². The molecule has 4 nitrogen and oxygen atoms in total. The highest BCUT2D eigenvalue weighted by Crippen LogP contribution is 2.19. The summed E-state index contributed by atoms with van der Waals surface area (Å²) in [7, 11) is 1.55. The van der Waals surface area contributed by atoms with E-state index < -0.39 is 0 Å². The normalized spacial score (nSPS) is 12.1. The highest BCUT2D eigenvalue weighted by Gasteiger charge is 2.16. The maximum Gasteiger partial charge on any atom is 0.313 e. The predicted molar refractivity (Wildman–Crippen MR) is 59.4 cm³/mol. The van der Waals surface area contributed by atoms with Gasteiger partial charge in [0.15, 0.2) is 0 Å².